The van der Waals surface area contributed by atoms with Gasteiger partial charge in [-0.2, -0.15) is 0 Å². The fourth-order valence-corrected chi connectivity index (χ4v) is 2.72. The van der Waals surface area contributed by atoms with Crippen LogP contribution in [-0.4, -0.2) is 42.1 Å². The van der Waals surface area contributed by atoms with Crippen molar-refractivity contribution < 1.29 is 14.5 Å². The van der Waals surface area contributed by atoms with Gasteiger partial charge in [-0.15, -0.1) is 0 Å². The van der Waals surface area contributed by atoms with Gasteiger partial charge in [-0.05, 0) is 12.1 Å². The van der Waals surface area contributed by atoms with Crippen LogP contribution in [0.4, 0.5) is 11.5 Å². The predicted molar refractivity (Wildman–Crippen MR) is 91.5 cm³/mol. The first-order valence-corrected chi connectivity index (χ1v) is 7.95. The standard InChI is InChI=1S/C17H18N4O4/c22-17(14-5-1-2-6-15(14)21(23)24)19-12-13-4-3-7-18-16(13)20-8-10-25-11-9-20/h1-7H,8-12H2,(H,19,22). The van der Waals surface area contributed by atoms with Crippen molar-refractivity contribution in [3.8, 4) is 0 Å². The molecule has 25 heavy (non-hydrogen) atoms. The number of aromatic nitrogens is 1. The number of hydrogen-bond acceptors (Lipinski definition) is 6. The largest absolute Gasteiger partial charge is 0.378 e. The number of amides is 1. The molecule has 1 amide bonds. The number of para-hydroxylation sites is 1. The summed E-state index contributed by atoms with van der Waals surface area (Å²) < 4.78 is 5.35. The Bertz CT molecular complexity index is 775. The van der Waals surface area contributed by atoms with Gasteiger partial charge >= 0.3 is 0 Å². The average Bonchev–Trinajstić information content (AvgIpc) is 2.67. The van der Waals surface area contributed by atoms with E-state index in [1.54, 1.807) is 18.3 Å². The van der Waals surface area contributed by atoms with Gasteiger partial charge in [0.15, 0.2) is 0 Å². The molecule has 1 aromatic heterocycles. The lowest BCUT2D eigenvalue weighted by Crippen LogP contribution is -2.37. The molecule has 0 atom stereocenters. The van der Waals surface area contributed by atoms with E-state index in [0.717, 1.165) is 24.5 Å². The molecule has 1 aromatic carbocycles. The van der Waals surface area contributed by atoms with Gasteiger partial charge in [-0.25, -0.2) is 4.98 Å². The number of nitrogens with one attached hydrogen (secondary N) is 1. The molecule has 2 aromatic rings. The molecule has 1 saturated heterocycles. The molecule has 1 N–H and O–H groups in total. The second-order valence-electron chi connectivity index (χ2n) is 5.54. The van der Waals surface area contributed by atoms with Crippen LogP contribution in [-0.2, 0) is 11.3 Å². The lowest BCUT2D eigenvalue weighted by molar-refractivity contribution is -0.385. The molecule has 3 rings (SSSR count). The monoisotopic (exact) mass is 342 g/mol. The number of anilines is 1. The minimum absolute atomic E-state index is 0.0457. The van der Waals surface area contributed by atoms with E-state index in [9.17, 15) is 14.9 Å². The molecule has 0 bridgehead atoms. The first-order valence-electron chi connectivity index (χ1n) is 7.95. The van der Waals surface area contributed by atoms with E-state index in [1.165, 1.54) is 18.2 Å². The highest BCUT2D eigenvalue weighted by molar-refractivity contribution is 5.98. The number of rotatable bonds is 5. The fourth-order valence-electron chi connectivity index (χ4n) is 2.72. The SMILES string of the molecule is O=C(NCc1cccnc1N1CCOCC1)c1ccccc1[N+](=O)[O-]. The molecule has 1 fully saturated rings. The average molecular weight is 342 g/mol. The summed E-state index contributed by atoms with van der Waals surface area (Å²) in [5.74, 6) is 0.317. The molecule has 2 heterocycles. The highest BCUT2D eigenvalue weighted by Crippen LogP contribution is 2.20. The molecule has 8 nitrogen and oxygen atoms in total. The molecule has 0 unspecified atom stereocenters. The maximum absolute atomic E-state index is 12.4. The van der Waals surface area contributed by atoms with Crippen LogP contribution in [0.3, 0.4) is 0 Å². The van der Waals surface area contributed by atoms with Crippen LogP contribution >= 0.6 is 0 Å². The van der Waals surface area contributed by atoms with Gasteiger partial charge in [0.05, 0.1) is 18.1 Å². The Morgan fingerprint density at radius 3 is 2.76 bits per heavy atom. The minimum Gasteiger partial charge on any atom is -0.378 e. The molecule has 0 saturated carbocycles. The van der Waals surface area contributed by atoms with Gasteiger partial charge in [-0.3, -0.25) is 14.9 Å². The number of nitro benzene ring substituents is 1. The van der Waals surface area contributed by atoms with E-state index in [0.29, 0.717) is 13.2 Å². The summed E-state index contributed by atoms with van der Waals surface area (Å²) in [7, 11) is 0. The molecule has 130 valence electrons. The number of nitro groups is 1. The molecule has 8 heteroatoms. The number of benzene rings is 1. The van der Waals surface area contributed by atoms with Crippen molar-refractivity contribution in [2.24, 2.45) is 0 Å². The van der Waals surface area contributed by atoms with E-state index in [4.69, 9.17) is 4.74 Å². The third kappa shape index (κ3) is 3.92. The van der Waals surface area contributed by atoms with Gasteiger partial charge < -0.3 is 15.0 Å². The number of pyridine rings is 1. The molecule has 1 aliphatic rings. The van der Waals surface area contributed by atoms with Crippen LogP contribution in [0.25, 0.3) is 0 Å². The molecule has 1 aliphatic heterocycles. The first-order chi connectivity index (χ1) is 12.2. The third-order valence-electron chi connectivity index (χ3n) is 3.96. The van der Waals surface area contributed by atoms with Gasteiger partial charge in [-0.1, -0.05) is 18.2 Å². The second kappa shape index (κ2) is 7.71. The molecule has 0 spiro atoms. The lowest BCUT2D eigenvalue weighted by atomic mass is 10.1. The zero-order chi connectivity index (χ0) is 17.6. The van der Waals surface area contributed by atoms with Crippen molar-refractivity contribution >= 4 is 17.4 Å². The van der Waals surface area contributed by atoms with Gasteiger partial charge in [0.25, 0.3) is 11.6 Å². The Hall–Kier alpha value is -3.00. The third-order valence-corrected chi connectivity index (χ3v) is 3.96. The Morgan fingerprint density at radius 1 is 1.24 bits per heavy atom. The summed E-state index contributed by atoms with van der Waals surface area (Å²) in [4.78, 5) is 29.4. The van der Waals surface area contributed by atoms with Crippen molar-refractivity contribution in [1.82, 2.24) is 10.3 Å². The van der Waals surface area contributed by atoms with E-state index in [2.05, 4.69) is 15.2 Å². The second-order valence-corrected chi connectivity index (χ2v) is 5.54. The topological polar surface area (TPSA) is 97.6 Å². The van der Waals surface area contributed by atoms with Crippen LogP contribution < -0.4 is 10.2 Å². The smallest absolute Gasteiger partial charge is 0.282 e. The van der Waals surface area contributed by atoms with Crippen LogP contribution in [0.1, 0.15) is 15.9 Å². The minimum atomic E-state index is -0.557. The fraction of sp³-hybridized carbons (Fsp3) is 0.294. The summed E-state index contributed by atoms with van der Waals surface area (Å²) in [6, 6.07) is 9.59. The maximum Gasteiger partial charge on any atom is 0.282 e. The summed E-state index contributed by atoms with van der Waals surface area (Å²) in [6.45, 7) is 2.99. The zero-order valence-electron chi connectivity index (χ0n) is 13.6. The van der Waals surface area contributed by atoms with Gasteiger partial charge in [0.1, 0.15) is 11.4 Å². The zero-order valence-corrected chi connectivity index (χ0v) is 13.6. The van der Waals surface area contributed by atoms with E-state index in [-0.39, 0.29) is 17.8 Å². The van der Waals surface area contributed by atoms with Gasteiger partial charge in [0, 0.05) is 37.5 Å². The Balaban J connectivity index is 1.74. The van der Waals surface area contributed by atoms with Crippen molar-refractivity contribution in [1.29, 1.82) is 0 Å². The van der Waals surface area contributed by atoms with Crippen LogP contribution in [0.15, 0.2) is 42.6 Å². The maximum atomic E-state index is 12.4. The predicted octanol–water partition coefficient (Wildman–Crippen LogP) is 1.76. The Labute approximate surface area is 144 Å². The molecule has 0 radical (unpaired) electrons. The van der Waals surface area contributed by atoms with Crippen molar-refractivity contribution in [3.63, 3.8) is 0 Å². The van der Waals surface area contributed by atoms with Crippen LogP contribution in [0, 0.1) is 10.1 Å². The normalized spacial score (nSPS) is 14.2. The molecular weight excluding hydrogens is 324 g/mol. The van der Waals surface area contributed by atoms with E-state index >= 15 is 0 Å². The van der Waals surface area contributed by atoms with E-state index < -0.39 is 10.8 Å². The van der Waals surface area contributed by atoms with E-state index in [1.807, 2.05) is 6.07 Å². The summed E-state index contributed by atoms with van der Waals surface area (Å²) in [5, 5.41) is 13.8. The highest BCUT2D eigenvalue weighted by atomic mass is 16.6. The van der Waals surface area contributed by atoms with Crippen LogP contribution in [0.5, 0.6) is 0 Å². The quantitative estimate of drug-likeness (QED) is 0.657. The molecule has 0 aliphatic carbocycles. The number of morpholine rings is 1. The van der Waals surface area contributed by atoms with Gasteiger partial charge in [0.2, 0.25) is 0 Å². The summed E-state index contributed by atoms with van der Waals surface area (Å²) >= 11 is 0. The van der Waals surface area contributed by atoms with Crippen molar-refractivity contribution in [2.45, 2.75) is 6.54 Å². The number of ether oxygens (including phenoxy) is 1. The van der Waals surface area contributed by atoms with Crippen molar-refractivity contribution in [3.05, 3.63) is 63.8 Å². The first kappa shape index (κ1) is 16.8. The number of carbonyl (C=O) groups excluding carboxylic acids is 1. The molecular formula is C17H18N4O4. The number of hydrogen-bond donors (Lipinski definition) is 1. The Kier molecular flexibility index (Phi) is 5.20. The van der Waals surface area contributed by atoms with Crippen molar-refractivity contribution in [2.75, 3.05) is 31.2 Å². The summed E-state index contributed by atoms with van der Waals surface area (Å²) in [6.07, 6.45) is 1.71. The lowest BCUT2D eigenvalue weighted by Gasteiger charge is -2.29. The van der Waals surface area contributed by atoms with Crippen LogP contribution in [0.2, 0.25) is 0 Å². The Morgan fingerprint density at radius 2 is 2.00 bits per heavy atom. The number of carbonyl (C=O) groups is 1. The highest BCUT2D eigenvalue weighted by Gasteiger charge is 2.20. The number of nitrogens with zero attached hydrogens (tertiary/aromatic N) is 3. The summed E-state index contributed by atoms with van der Waals surface area (Å²) in [5.41, 5.74) is 0.695.